The minimum atomic E-state index is -0.183. The average molecular weight is 445 g/mol. The smallest absolute Gasteiger partial charge is 0.226 e. The fourth-order valence-electron chi connectivity index (χ4n) is 3.15. The lowest BCUT2D eigenvalue weighted by Gasteiger charge is -2.27. The van der Waals surface area contributed by atoms with Gasteiger partial charge in [-0.1, -0.05) is 22.9 Å². The summed E-state index contributed by atoms with van der Waals surface area (Å²) in [5, 5.41) is 30.8. The number of nitrogens with zero attached hydrogens (tertiary/aromatic N) is 6. The SMILES string of the molecule is OCc1cc(-c2nnc(Nc3ccc4[nH]ncc4c3Cl)s2)nc(N2CCOCC2)n1. The van der Waals surface area contributed by atoms with Gasteiger partial charge in [0.25, 0.3) is 0 Å². The Morgan fingerprint density at radius 2 is 2.10 bits per heavy atom. The first-order chi connectivity index (χ1) is 14.7. The number of morpholine rings is 1. The van der Waals surface area contributed by atoms with Crippen molar-refractivity contribution in [1.29, 1.82) is 0 Å². The predicted molar refractivity (Wildman–Crippen MR) is 114 cm³/mol. The van der Waals surface area contributed by atoms with E-state index in [-0.39, 0.29) is 6.61 Å². The highest BCUT2D eigenvalue weighted by Crippen LogP contribution is 2.34. The van der Waals surface area contributed by atoms with Gasteiger partial charge < -0.3 is 20.1 Å². The Morgan fingerprint density at radius 3 is 2.93 bits per heavy atom. The number of benzene rings is 1. The van der Waals surface area contributed by atoms with Crippen LogP contribution in [-0.2, 0) is 11.3 Å². The monoisotopic (exact) mass is 444 g/mol. The minimum absolute atomic E-state index is 0.183. The molecule has 30 heavy (non-hydrogen) atoms. The molecule has 12 heteroatoms. The van der Waals surface area contributed by atoms with Gasteiger partial charge in [-0.15, -0.1) is 10.2 Å². The van der Waals surface area contributed by atoms with Crippen LogP contribution in [0, 0.1) is 0 Å². The number of aromatic nitrogens is 6. The Labute approximate surface area is 179 Å². The number of anilines is 3. The summed E-state index contributed by atoms with van der Waals surface area (Å²) >= 11 is 7.81. The van der Waals surface area contributed by atoms with Gasteiger partial charge in [-0.3, -0.25) is 5.10 Å². The number of H-pyrrole nitrogens is 1. The molecular formula is C18H17ClN8O2S. The Bertz CT molecular complexity index is 1190. The maximum absolute atomic E-state index is 9.63. The molecule has 1 aliphatic rings. The van der Waals surface area contributed by atoms with E-state index < -0.39 is 0 Å². The molecule has 3 aromatic heterocycles. The van der Waals surface area contributed by atoms with Gasteiger partial charge in [0.2, 0.25) is 11.1 Å². The van der Waals surface area contributed by atoms with E-state index >= 15 is 0 Å². The van der Waals surface area contributed by atoms with Crippen molar-refractivity contribution >= 4 is 50.6 Å². The van der Waals surface area contributed by atoms with Crippen molar-refractivity contribution in [2.45, 2.75) is 6.61 Å². The van der Waals surface area contributed by atoms with Gasteiger partial charge in [-0.2, -0.15) is 5.10 Å². The van der Waals surface area contributed by atoms with Crippen LogP contribution in [0.5, 0.6) is 0 Å². The molecule has 0 unspecified atom stereocenters. The topological polar surface area (TPSA) is 125 Å². The lowest BCUT2D eigenvalue weighted by atomic mass is 10.2. The normalized spacial score (nSPS) is 14.4. The molecule has 1 fully saturated rings. The second kappa shape index (κ2) is 8.11. The number of nitrogens with one attached hydrogen (secondary N) is 2. The number of halogens is 1. The molecule has 5 rings (SSSR count). The van der Waals surface area contributed by atoms with Crippen LogP contribution in [0.3, 0.4) is 0 Å². The van der Waals surface area contributed by atoms with Crippen LogP contribution in [-0.4, -0.2) is 61.8 Å². The van der Waals surface area contributed by atoms with E-state index in [1.807, 2.05) is 17.0 Å². The highest BCUT2D eigenvalue weighted by molar-refractivity contribution is 7.18. The number of aromatic amines is 1. The number of hydrogen-bond donors (Lipinski definition) is 3. The van der Waals surface area contributed by atoms with Crippen molar-refractivity contribution in [3.63, 3.8) is 0 Å². The van der Waals surface area contributed by atoms with Crippen LogP contribution in [0.4, 0.5) is 16.8 Å². The first kappa shape index (κ1) is 19.1. The second-order valence-corrected chi connectivity index (χ2v) is 7.95. The summed E-state index contributed by atoms with van der Waals surface area (Å²) in [6.07, 6.45) is 1.68. The quantitative estimate of drug-likeness (QED) is 0.425. The molecule has 154 valence electrons. The zero-order chi connectivity index (χ0) is 20.5. The van der Waals surface area contributed by atoms with E-state index in [0.717, 1.165) is 10.9 Å². The van der Waals surface area contributed by atoms with Crippen molar-refractivity contribution < 1.29 is 9.84 Å². The molecule has 0 saturated carbocycles. The molecule has 1 aliphatic heterocycles. The number of fused-ring (bicyclic) bond motifs is 1. The van der Waals surface area contributed by atoms with Gasteiger partial charge in [0.1, 0.15) is 5.69 Å². The molecular weight excluding hydrogens is 428 g/mol. The summed E-state index contributed by atoms with van der Waals surface area (Å²) in [6.45, 7) is 2.46. The van der Waals surface area contributed by atoms with E-state index in [9.17, 15) is 5.11 Å². The van der Waals surface area contributed by atoms with Gasteiger partial charge in [0.05, 0.1) is 47.9 Å². The van der Waals surface area contributed by atoms with Gasteiger partial charge >= 0.3 is 0 Å². The number of rotatable bonds is 5. The number of aliphatic hydroxyl groups is 1. The third-order valence-electron chi connectivity index (χ3n) is 4.67. The molecule has 0 radical (unpaired) electrons. The molecule has 0 spiro atoms. The zero-order valence-electron chi connectivity index (χ0n) is 15.7. The molecule has 4 aromatic rings. The van der Waals surface area contributed by atoms with E-state index in [0.29, 0.717) is 64.5 Å². The summed E-state index contributed by atoms with van der Waals surface area (Å²) in [5.41, 5.74) is 2.70. The molecule has 3 N–H and O–H groups in total. The highest BCUT2D eigenvalue weighted by atomic mass is 35.5. The van der Waals surface area contributed by atoms with Gasteiger partial charge in [0.15, 0.2) is 5.01 Å². The van der Waals surface area contributed by atoms with Crippen LogP contribution in [0.2, 0.25) is 5.02 Å². The second-order valence-electron chi connectivity index (χ2n) is 6.60. The largest absolute Gasteiger partial charge is 0.390 e. The summed E-state index contributed by atoms with van der Waals surface area (Å²) in [6, 6.07) is 5.47. The lowest BCUT2D eigenvalue weighted by molar-refractivity contribution is 0.122. The fraction of sp³-hybridized carbons (Fsp3) is 0.278. The van der Waals surface area contributed by atoms with Crippen molar-refractivity contribution in [2.24, 2.45) is 0 Å². The average Bonchev–Trinajstić information content (AvgIpc) is 3.46. The van der Waals surface area contributed by atoms with Crippen LogP contribution in [0.1, 0.15) is 5.69 Å². The van der Waals surface area contributed by atoms with E-state index in [2.05, 4.69) is 35.7 Å². The summed E-state index contributed by atoms with van der Waals surface area (Å²) < 4.78 is 5.39. The molecule has 0 aliphatic carbocycles. The van der Waals surface area contributed by atoms with Crippen molar-refractivity contribution in [3.05, 3.63) is 35.1 Å². The van der Waals surface area contributed by atoms with E-state index in [1.54, 1.807) is 12.3 Å². The Balaban J connectivity index is 1.43. The standard InChI is InChI=1S/C18H17ClN8O2S/c19-15-11-8-20-24-12(11)1-2-13(15)23-18-26-25-16(30-18)14-7-10(9-28)21-17(22-14)27-3-5-29-6-4-27/h1-2,7-8,28H,3-6,9H2,(H,20,24)(H,23,26). The number of ether oxygens (including phenoxy) is 1. The molecule has 0 bridgehead atoms. The summed E-state index contributed by atoms with van der Waals surface area (Å²) in [7, 11) is 0. The molecule has 0 amide bonds. The number of hydrogen-bond acceptors (Lipinski definition) is 10. The summed E-state index contributed by atoms with van der Waals surface area (Å²) in [5.74, 6) is 0.554. The van der Waals surface area contributed by atoms with Gasteiger partial charge in [0, 0.05) is 18.5 Å². The predicted octanol–water partition coefficient (Wildman–Crippen LogP) is 2.60. The number of aliphatic hydroxyl groups excluding tert-OH is 1. The molecule has 0 atom stereocenters. The molecule has 4 heterocycles. The van der Waals surface area contributed by atoms with E-state index in [1.165, 1.54) is 11.3 Å². The lowest BCUT2D eigenvalue weighted by Crippen LogP contribution is -2.37. The first-order valence-electron chi connectivity index (χ1n) is 9.25. The first-order valence-corrected chi connectivity index (χ1v) is 10.4. The van der Waals surface area contributed by atoms with Crippen LogP contribution in [0.15, 0.2) is 24.4 Å². The van der Waals surface area contributed by atoms with E-state index in [4.69, 9.17) is 16.3 Å². The van der Waals surface area contributed by atoms with Crippen LogP contribution >= 0.6 is 22.9 Å². The van der Waals surface area contributed by atoms with Crippen LogP contribution in [0.25, 0.3) is 21.6 Å². The zero-order valence-corrected chi connectivity index (χ0v) is 17.2. The van der Waals surface area contributed by atoms with Crippen molar-refractivity contribution in [2.75, 3.05) is 36.5 Å². The third kappa shape index (κ3) is 3.67. The molecule has 10 nitrogen and oxygen atoms in total. The highest BCUT2D eigenvalue weighted by Gasteiger charge is 2.18. The maximum Gasteiger partial charge on any atom is 0.226 e. The molecule has 1 aromatic carbocycles. The third-order valence-corrected chi connectivity index (χ3v) is 5.94. The fourth-order valence-corrected chi connectivity index (χ4v) is 4.13. The minimum Gasteiger partial charge on any atom is -0.390 e. The Morgan fingerprint density at radius 1 is 1.23 bits per heavy atom. The van der Waals surface area contributed by atoms with Gasteiger partial charge in [-0.05, 0) is 18.2 Å². The molecule has 1 saturated heterocycles. The van der Waals surface area contributed by atoms with Crippen LogP contribution < -0.4 is 10.2 Å². The Kier molecular flexibility index (Phi) is 5.17. The summed E-state index contributed by atoms with van der Waals surface area (Å²) in [4.78, 5) is 11.1. The Hall–Kier alpha value is -2.86. The van der Waals surface area contributed by atoms with Crippen molar-refractivity contribution in [3.8, 4) is 10.7 Å². The van der Waals surface area contributed by atoms with Gasteiger partial charge in [-0.25, -0.2) is 9.97 Å². The maximum atomic E-state index is 9.63. The van der Waals surface area contributed by atoms with Crippen molar-refractivity contribution in [1.82, 2.24) is 30.4 Å².